The van der Waals surface area contributed by atoms with Crippen LogP contribution in [0.15, 0.2) is 35.2 Å². The molecule has 3 rings (SSSR count). The van der Waals surface area contributed by atoms with E-state index in [0.717, 1.165) is 5.56 Å². The number of hydrogen-bond acceptors (Lipinski definition) is 5. The predicted octanol–water partition coefficient (Wildman–Crippen LogP) is 2.44. The topological polar surface area (TPSA) is 63.2 Å². The first-order valence-electron chi connectivity index (χ1n) is 5.72. The Hall–Kier alpha value is -2.39. The number of ether oxygens (including phenoxy) is 1. The van der Waals surface area contributed by atoms with Gasteiger partial charge in [0.25, 0.3) is 0 Å². The molecule has 0 spiro atoms. The van der Waals surface area contributed by atoms with Gasteiger partial charge < -0.3 is 4.74 Å². The molecular weight excluding hydrogens is 260 g/mol. The Morgan fingerprint density at radius 2 is 2.32 bits per heavy atom. The third kappa shape index (κ3) is 2.28. The van der Waals surface area contributed by atoms with Crippen LogP contribution in [0, 0.1) is 11.3 Å². The van der Waals surface area contributed by atoms with Crippen molar-refractivity contribution in [3.8, 4) is 11.8 Å². The average molecular weight is 270 g/mol. The van der Waals surface area contributed by atoms with Gasteiger partial charge in [0.1, 0.15) is 6.61 Å². The zero-order valence-electron chi connectivity index (χ0n) is 9.98. The normalized spacial score (nSPS) is 10.5. The minimum atomic E-state index is 0.231. The van der Waals surface area contributed by atoms with Crippen molar-refractivity contribution < 1.29 is 4.74 Å². The lowest BCUT2D eigenvalue weighted by atomic mass is 10.3. The van der Waals surface area contributed by atoms with E-state index >= 15 is 0 Å². The van der Waals surface area contributed by atoms with Crippen LogP contribution in [0.4, 0.5) is 0 Å². The first-order valence-corrected chi connectivity index (χ1v) is 6.66. The second-order valence-electron chi connectivity index (χ2n) is 3.94. The van der Waals surface area contributed by atoms with Crippen LogP contribution < -0.4 is 4.74 Å². The van der Waals surface area contributed by atoms with Crippen LogP contribution in [-0.4, -0.2) is 14.6 Å². The fourth-order valence-corrected chi connectivity index (χ4v) is 2.43. The number of nitrogens with zero attached hydrogens (tertiary/aromatic N) is 4. The van der Waals surface area contributed by atoms with Crippen molar-refractivity contribution in [2.45, 2.75) is 13.0 Å². The van der Waals surface area contributed by atoms with E-state index in [0.29, 0.717) is 23.8 Å². The maximum absolute atomic E-state index is 8.73. The molecule has 0 aliphatic carbocycles. The monoisotopic (exact) mass is 270 g/mol. The molecule has 3 heterocycles. The lowest BCUT2D eigenvalue weighted by molar-refractivity contribution is 0.308. The standard InChI is InChI=1S/C13H10N4OS/c14-5-3-12-15-16-13-11(2-1-6-17(12)13)18-8-10-4-7-19-9-10/h1-2,4,6-7,9H,3,8H2. The molecule has 0 radical (unpaired) electrons. The molecule has 6 heteroatoms. The van der Waals surface area contributed by atoms with E-state index < -0.39 is 0 Å². The number of rotatable bonds is 4. The molecule has 0 fully saturated rings. The highest BCUT2D eigenvalue weighted by Gasteiger charge is 2.09. The molecular formula is C13H10N4OS. The number of nitriles is 1. The van der Waals surface area contributed by atoms with E-state index in [1.807, 2.05) is 35.2 Å². The molecule has 0 atom stereocenters. The molecule has 0 amide bonds. The minimum absolute atomic E-state index is 0.231. The Morgan fingerprint density at radius 1 is 1.37 bits per heavy atom. The van der Waals surface area contributed by atoms with Crippen molar-refractivity contribution in [2.24, 2.45) is 0 Å². The third-order valence-electron chi connectivity index (χ3n) is 2.68. The molecule has 0 N–H and O–H groups in total. The number of thiophene rings is 1. The van der Waals surface area contributed by atoms with Gasteiger partial charge in [0.2, 0.25) is 5.65 Å². The lowest BCUT2D eigenvalue weighted by Gasteiger charge is -2.05. The fraction of sp³-hybridized carbons (Fsp3) is 0.154. The first-order chi connectivity index (χ1) is 9.38. The molecule has 0 aliphatic heterocycles. The summed E-state index contributed by atoms with van der Waals surface area (Å²) in [4.78, 5) is 0. The molecule has 0 aromatic carbocycles. The molecule has 0 saturated carbocycles. The molecule has 3 aromatic heterocycles. The first kappa shape index (κ1) is 11.7. The Labute approximate surface area is 113 Å². The molecule has 0 saturated heterocycles. The third-order valence-corrected chi connectivity index (χ3v) is 3.41. The molecule has 19 heavy (non-hydrogen) atoms. The van der Waals surface area contributed by atoms with Crippen molar-refractivity contribution in [2.75, 3.05) is 0 Å². The zero-order valence-corrected chi connectivity index (χ0v) is 10.8. The largest absolute Gasteiger partial charge is 0.485 e. The summed E-state index contributed by atoms with van der Waals surface area (Å²) in [5.74, 6) is 1.30. The van der Waals surface area contributed by atoms with Crippen LogP contribution in [-0.2, 0) is 13.0 Å². The maximum atomic E-state index is 8.73. The predicted molar refractivity (Wildman–Crippen MR) is 71.0 cm³/mol. The molecule has 0 unspecified atom stereocenters. The van der Waals surface area contributed by atoms with Crippen LogP contribution in [0.3, 0.4) is 0 Å². The van der Waals surface area contributed by atoms with E-state index in [2.05, 4.69) is 16.3 Å². The van der Waals surface area contributed by atoms with Crippen molar-refractivity contribution in [1.29, 1.82) is 5.26 Å². The lowest BCUT2D eigenvalue weighted by Crippen LogP contribution is -1.98. The highest BCUT2D eigenvalue weighted by Crippen LogP contribution is 2.20. The van der Waals surface area contributed by atoms with Crippen molar-refractivity contribution in [1.82, 2.24) is 14.6 Å². The molecule has 0 bridgehead atoms. The summed E-state index contributed by atoms with van der Waals surface area (Å²) < 4.78 is 7.54. The van der Waals surface area contributed by atoms with E-state index in [9.17, 15) is 0 Å². The quantitative estimate of drug-likeness (QED) is 0.730. The van der Waals surface area contributed by atoms with Gasteiger partial charge in [-0.25, -0.2) is 0 Å². The van der Waals surface area contributed by atoms with Crippen LogP contribution in [0.2, 0.25) is 0 Å². The van der Waals surface area contributed by atoms with Crippen LogP contribution in [0.25, 0.3) is 5.65 Å². The summed E-state index contributed by atoms with van der Waals surface area (Å²) in [6, 6.07) is 7.81. The SMILES string of the molecule is N#CCc1nnc2c(OCc3ccsc3)cccn12. The highest BCUT2D eigenvalue weighted by molar-refractivity contribution is 7.07. The zero-order chi connectivity index (χ0) is 13.1. The van der Waals surface area contributed by atoms with Gasteiger partial charge in [-0.1, -0.05) is 0 Å². The Bertz CT molecular complexity index is 727. The van der Waals surface area contributed by atoms with Gasteiger partial charge in [0.05, 0.1) is 12.5 Å². The summed E-state index contributed by atoms with van der Waals surface area (Å²) in [7, 11) is 0. The van der Waals surface area contributed by atoms with Crippen molar-refractivity contribution >= 4 is 17.0 Å². The van der Waals surface area contributed by atoms with Crippen LogP contribution in [0.5, 0.6) is 5.75 Å². The van der Waals surface area contributed by atoms with Crippen LogP contribution in [0.1, 0.15) is 11.4 Å². The van der Waals surface area contributed by atoms with E-state index in [-0.39, 0.29) is 6.42 Å². The number of hydrogen-bond donors (Lipinski definition) is 0. The fourth-order valence-electron chi connectivity index (χ4n) is 1.78. The minimum Gasteiger partial charge on any atom is -0.485 e. The number of pyridine rings is 1. The maximum Gasteiger partial charge on any atom is 0.203 e. The van der Waals surface area contributed by atoms with Gasteiger partial charge in [0, 0.05) is 6.20 Å². The van der Waals surface area contributed by atoms with Crippen molar-refractivity contribution in [3.63, 3.8) is 0 Å². The summed E-state index contributed by atoms with van der Waals surface area (Å²) in [6.45, 7) is 0.504. The van der Waals surface area contributed by atoms with E-state index in [1.165, 1.54) is 0 Å². The molecule has 5 nitrogen and oxygen atoms in total. The van der Waals surface area contributed by atoms with Gasteiger partial charge in [-0.3, -0.25) is 4.40 Å². The molecule has 3 aromatic rings. The van der Waals surface area contributed by atoms with Gasteiger partial charge >= 0.3 is 0 Å². The second-order valence-corrected chi connectivity index (χ2v) is 4.72. The summed E-state index contributed by atoms with van der Waals surface area (Å²) in [6.07, 6.45) is 2.06. The van der Waals surface area contributed by atoms with Gasteiger partial charge in [0.15, 0.2) is 11.6 Å². The highest BCUT2D eigenvalue weighted by atomic mass is 32.1. The molecule has 0 aliphatic rings. The Kier molecular flexibility index (Phi) is 3.12. The number of fused-ring (bicyclic) bond motifs is 1. The van der Waals surface area contributed by atoms with Gasteiger partial charge in [-0.05, 0) is 34.5 Å². The van der Waals surface area contributed by atoms with Crippen LogP contribution >= 0.6 is 11.3 Å². The molecule has 94 valence electrons. The summed E-state index contributed by atoms with van der Waals surface area (Å²) in [5.41, 5.74) is 1.77. The Balaban J connectivity index is 1.89. The Morgan fingerprint density at radius 3 is 3.11 bits per heavy atom. The van der Waals surface area contributed by atoms with Crippen molar-refractivity contribution in [3.05, 3.63) is 46.5 Å². The average Bonchev–Trinajstić information content (AvgIpc) is 3.07. The van der Waals surface area contributed by atoms with E-state index in [1.54, 1.807) is 15.7 Å². The summed E-state index contributed by atoms with van der Waals surface area (Å²) in [5, 5.41) is 20.9. The smallest absolute Gasteiger partial charge is 0.203 e. The number of aromatic nitrogens is 3. The van der Waals surface area contributed by atoms with Gasteiger partial charge in [-0.2, -0.15) is 16.6 Å². The second kappa shape index (κ2) is 5.08. The van der Waals surface area contributed by atoms with E-state index in [4.69, 9.17) is 10.00 Å². The van der Waals surface area contributed by atoms with Gasteiger partial charge in [-0.15, -0.1) is 10.2 Å². The summed E-state index contributed by atoms with van der Waals surface area (Å²) >= 11 is 1.64.